The fourth-order valence-corrected chi connectivity index (χ4v) is 3.85. The summed E-state index contributed by atoms with van der Waals surface area (Å²) in [6.07, 6.45) is 2.31. The summed E-state index contributed by atoms with van der Waals surface area (Å²) in [5.41, 5.74) is 2.40. The van der Waals surface area contributed by atoms with Crippen LogP contribution < -0.4 is 14.2 Å². The molecule has 0 amide bonds. The first-order chi connectivity index (χ1) is 10.1. The minimum atomic E-state index is 0.0853. The van der Waals surface area contributed by atoms with Gasteiger partial charge in [0.05, 0.1) is 14.2 Å². The quantitative estimate of drug-likeness (QED) is 0.781. The van der Waals surface area contributed by atoms with E-state index in [1.165, 1.54) is 17.6 Å². The summed E-state index contributed by atoms with van der Waals surface area (Å²) >= 11 is 0. The number of hydrogen-bond acceptors (Lipinski definition) is 3. The molecule has 114 valence electrons. The van der Waals surface area contributed by atoms with Gasteiger partial charge in [0.1, 0.15) is 23.4 Å². The summed E-state index contributed by atoms with van der Waals surface area (Å²) in [5.74, 6) is 4.11. The predicted octanol–water partition coefficient (Wildman–Crippen LogP) is 4.17. The molecule has 3 rings (SSSR count). The summed E-state index contributed by atoms with van der Waals surface area (Å²) in [7, 11) is 3.38. The third kappa shape index (κ3) is 2.19. The Kier molecular flexibility index (Phi) is 3.60. The summed E-state index contributed by atoms with van der Waals surface area (Å²) in [6, 6.07) is 3.93. The first-order valence-electron chi connectivity index (χ1n) is 7.67. The summed E-state index contributed by atoms with van der Waals surface area (Å²) in [6.45, 7) is 8.83. The second-order valence-corrected chi connectivity index (χ2v) is 6.41. The van der Waals surface area contributed by atoms with Crippen molar-refractivity contribution in [2.75, 3.05) is 14.2 Å². The second-order valence-electron chi connectivity index (χ2n) is 6.41. The van der Waals surface area contributed by atoms with E-state index in [9.17, 15) is 0 Å². The van der Waals surface area contributed by atoms with Crippen LogP contribution in [0.25, 0.3) is 0 Å². The van der Waals surface area contributed by atoms with E-state index in [1.54, 1.807) is 14.2 Å². The minimum Gasteiger partial charge on any atom is -0.496 e. The van der Waals surface area contributed by atoms with Gasteiger partial charge >= 0.3 is 0 Å². The van der Waals surface area contributed by atoms with Crippen LogP contribution in [0.1, 0.15) is 38.2 Å². The molecule has 21 heavy (non-hydrogen) atoms. The van der Waals surface area contributed by atoms with Crippen LogP contribution in [0.3, 0.4) is 0 Å². The molecule has 1 aliphatic heterocycles. The lowest BCUT2D eigenvalue weighted by molar-refractivity contribution is 0.150. The normalized spacial score (nSPS) is 27.1. The Morgan fingerprint density at radius 3 is 2.62 bits per heavy atom. The number of benzene rings is 1. The maximum atomic E-state index is 6.23. The van der Waals surface area contributed by atoms with E-state index in [-0.39, 0.29) is 6.10 Å². The Hall–Kier alpha value is -1.64. The zero-order valence-electron chi connectivity index (χ0n) is 13.3. The molecule has 2 aliphatic rings. The van der Waals surface area contributed by atoms with Crippen molar-refractivity contribution in [1.29, 1.82) is 0 Å². The topological polar surface area (TPSA) is 27.7 Å². The maximum absolute atomic E-state index is 6.23. The molecule has 0 spiro atoms. The molecule has 1 aliphatic carbocycles. The Morgan fingerprint density at radius 1 is 1.24 bits per heavy atom. The number of ether oxygens (including phenoxy) is 3. The average Bonchev–Trinajstić information content (AvgIpc) is 2.86. The molecule has 0 N–H and O–H groups in total. The molecule has 0 radical (unpaired) electrons. The highest BCUT2D eigenvalue weighted by atomic mass is 16.5. The zero-order chi connectivity index (χ0) is 15.1. The van der Waals surface area contributed by atoms with Crippen molar-refractivity contribution in [3.8, 4) is 17.2 Å². The molecule has 0 saturated heterocycles. The molecule has 3 nitrogen and oxygen atoms in total. The van der Waals surface area contributed by atoms with Gasteiger partial charge in [-0.05, 0) is 30.3 Å². The molecule has 3 heteroatoms. The number of rotatable bonds is 3. The van der Waals surface area contributed by atoms with Crippen LogP contribution >= 0.6 is 0 Å². The predicted molar refractivity (Wildman–Crippen MR) is 83.4 cm³/mol. The lowest BCUT2D eigenvalue weighted by Crippen LogP contribution is -2.34. The Morgan fingerprint density at radius 2 is 2.00 bits per heavy atom. The third-order valence-electron chi connectivity index (χ3n) is 4.97. The average molecular weight is 288 g/mol. The molecule has 0 bridgehead atoms. The van der Waals surface area contributed by atoms with Crippen LogP contribution in [0.5, 0.6) is 17.2 Å². The molecule has 1 heterocycles. The van der Waals surface area contributed by atoms with E-state index in [1.807, 2.05) is 12.1 Å². The van der Waals surface area contributed by atoms with Crippen molar-refractivity contribution in [1.82, 2.24) is 0 Å². The SMILES string of the molecule is C=C1CC[C@H](C(C)C)[C@H]2c3c(OC)cc(OC)cc3O[C@@H]12. The lowest BCUT2D eigenvalue weighted by Gasteiger charge is -2.37. The maximum Gasteiger partial charge on any atom is 0.131 e. The van der Waals surface area contributed by atoms with E-state index in [0.717, 1.165) is 23.7 Å². The van der Waals surface area contributed by atoms with Crippen LogP contribution in [0.4, 0.5) is 0 Å². The van der Waals surface area contributed by atoms with E-state index >= 15 is 0 Å². The standard InChI is InChI=1S/C18H24O3/c1-10(2)13-7-6-11(3)18-16(13)17-14(20-5)8-12(19-4)9-15(17)21-18/h8-10,13,16,18H,3,6-7H2,1-2,4-5H3/t13-,16+,18+/m1/s1. The monoisotopic (exact) mass is 288 g/mol. The molecule has 1 fully saturated rings. The van der Waals surface area contributed by atoms with Gasteiger partial charge in [-0.25, -0.2) is 0 Å². The van der Waals surface area contributed by atoms with Crippen molar-refractivity contribution in [3.05, 3.63) is 29.8 Å². The molecule has 3 atom stereocenters. The summed E-state index contributed by atoms with van der Waals surface area (Å²) in [5, 5.41) is 0. The van der Waals surface area contributed by atoms with Gasteiger partial charge in [-0.3, -0.25) is 0 Å². The largest absolute Gasteiger partial charge is 0.496 e. The van der Waals surface area contributed by atoms with Crippen molar-refractivity contribution >= 4 is 0 Å². The Balaban J connectivity index is 2.11. The van der Waals surface area contributed by atoms with E-state index in [0.29, 0.717) is 17.8 Å². The van der Waals surface area contributed by atoms with Gasteiger partial charge in [0.2, 0.25) is 0 Å². The van der Waals surface area contributed by atoms with Crippen molar-refractivity contribution < 1.29 is 14.2 Å². The fourth-order valence-electron chi connectivity index (χ4n) is 3.85. The first kappa shape index (κ1) is 14.3. The van der Waals surface area contributed by atoms with Crippen LogP contribution in [0.2, 0.25) is 0 Å². The number of hydrogen-bond donors (Lipinski definition) is 0. The molecule has 1 aromatic carbocycles. The molecule has 0 aromatic heterocycles. The van der Waals surface area contributed by atoms with Crippen molar-refractivity contribution in [3.63, 3.8) is 0 Å². The van der Waals surface area contributed by atoms with Gasteiger partial charge in [-0.1, -0.05) is 20.4 Å². The fraction of sp³-hybridized carbons (Fsp3) is 0.556. The van der Waals surface area contributed by atoms with Crippen LogP contribution in [-0.4, -0.2) is 20.3 Å². The van der Waals surface area contributed by atoms with Crippen LogP contribution in [0.15, 0.2) is 24.3 Å². The first-order valence-corrected chi connectivity index (χ1v) is 7.67. The van der Waals surface area contributed by atoms with Crippen LogP contribution in [-0.2, 0) is 0 Å². The van der Waals surface area contributed by atoms with Crippen molar-refractivity contribution in [2.45, 2.75) is 38.7 Å². The van der Waals surface area contributed by atoms with Gasteiger partial charge in [-0.15, -0.1) is 0 Å². The zero-order valence-corrected chi connectivity index (χ0v) is 13.3. The molecular formula is C18H24O3. The third-order valence-corrected chi connectivity index (χ3v) is 4.97. The van der Waals surface area contributed by atoms with E-state index in [2.05, 4.69) is 20.4 Å². The highest BCUT2D eigenvalue weighted by Crippen LogP contribution is 2.55. The molecular weight excluding hydrogens is 264 g/mol. The summed E-state index contributed by atoms with van der Waals surface area (Å²) < 4.78 is 17.2. The van der Waals surface area contributed by atoms with Gasteiger partial charge < -0.3 is 14.2 Å². The number of methoxy groups -OCH3 is 2. The highest BCUT2D eigenvalue weighted by Gasteiger charge is 2.46. The minimum absolute atomic E-state index is 0.0853. The van der Waals surface area contributed by atoms with Crippen LogP contribution in [0, 0.1) is 11.8 Å². The lowest BCUT2D eigenvalue weighted by atomic mass is 9.68. The van der Waals surface area contributed by atoms with Gasteiger partial charge in [-0.2, -0.15) is 0 Å². The van der Waals surface area contributed by atoms with Gasteiger partial charge in [0.15, 0.2) is 0 Å². The molecule has 1 saturated carbocycles. The molecule has 0 unspecified atom stereocenters. The van der Waals surface area contributed by atoms with Gasteiger partial charge in [0.25, 0.3) is 0 Å². The summed E-state index contributed by atoms with van der Waals surface area (Å²) in [4.78, 5) is 0. The van der Waals surface area contributed by atoms with Crippen molar-refractivity contribution in [2.24, 2.45) is 11.8 Å². The Labute approximate surface area is 126 Å². The van der Waals surface area contributed by atoms with Gasteiger partial charge in [0, 0.05) is 23.6 Å². The smallest absolute Gasteiger partial charge is 0.131 e. The number of fused-ring (bicyclic) bond motifs is 3. The second kappa shape index (κ2) is 5.28. The van der Waals surface area contributed by atoms with E-state index in [4.69, 9.17) is 14.2 Å². The van der Waals surface area contributed by atoms with E-state index < -0.39 is 0 Å². The molecule has 1 aromatic rings. The highest BCUT2D eigenvalue weighted by molar-refractivity contribution is 5.57. The Bertz CT molecular complexity index is 562.